The van der Waals surface area contributed by atoms with Gasteiger partial charge < -0.3 is 20.5 Å². The summed E-state index contributed by atoms with van der Waals surface area (Å²) in [5, 5.41) is 0.933. The third-order valence-electron chi connectivity index (χ3n) is 4.23. The first-order chi connectivity index (χ1) is 10.1. The zero-order valence-corrected chi connectivity index (χ0v) is 12.4. The molecule has 1 amide bonds. The van der Waals surface area contributed by atoms with Crippen LogP contribution in [-0.2, 0) is 0 Å². The molecule has 2 aromatic rings. The molecule has 0 aliphatic carbocycles. The molecule has 0 spiro atoms. The molecular weight excluding hydrogens is 264 g/mol. The number of fused-ring (bicyclic) bond motifs is 1. The molecule has 0 saturated carbocycles. The Morgan fingerprint density at radius 2 is 2.14 bits per heavy atom. The van der Waals surface area contributed by atoms with E-state index in [9.17, 15) is 4.79 Å². The van der Waals surface area contributed by atoms with Crippen LogP contribution in [-0.4, -0.2) is 53.9 Å². The van der Waals surface area contributed by atoms with Gasteiger partial charge in [0.15, 0.2) is 0 Å². The van der Waals surface area contributed by atoms with Gasteiger partial charge >= 0.3 is 0 Å². The smallest absolute Gasteiger partial charge is 0.255 e. The molecule has 5 heteroatoms. The van der Waals surface area contributed by atoms with Crippen molar-refractivity contribution in [3.63, 3.8) is 0 Å². The number of anilines is 1. The highest BCUT2D eigenvalue weighted by atomic mass is 16.2. The molecule has 1 aromatic carbocycles. The first-order valence-corrected chi connectivity index (χ1v) is 7.49. The number of aromatic nitrogens is 1. The predicted molar refractivity (Wildman–Crippen MR) is 85.3 cm³/mol. The minimum absolute atomic E-state index is 0.0604. The van der Waals surface area contributed by atoms with Crippen molar-refractivity contribution in [2.75, 3.05) is 39.0 Å². The van der Waals surface area contributed by atoms with Crippen LogP contribution in [0.15, 0.2) is 24.4 Å². The van der Waals surface area contributed by atoms with E-state index >= 15 is 0 Å². The maximum atomic E-state index is 12.6. The Morgan fingerprint density at radius 3 is 2.90 bits per heavy atom. The lowest BCUT2D eigenvalue weighted by molar-refractivity contribution is 0.0784. The Kier molecular flexibility index (Phi) is 3.84. The second kappa shape index (κ2) is 5.77. The number of nitrogen functional groups attached to an aromatic ring is 1. The van der Waals surface area contributed by atoms with Crippen LogP contribution in [0.2, 0.25) is 0 Å². The average molecular weight is 286 g/mol. The fraction of sp³-hybridized carbons (Fsp3) is 0.438. The van der Waals surface area contributed by atoms with Gasteiger partial charge in [0.25, 0.3) is 5.91 Å². The number of carbonyl (C=O) groups excluding carboxylic acids is 1. The molecule has 0 radical (unpaired) electrons. The number of hydrogen-bond acceptors (Lipinski definition) is 3. The van der Waals surface area contributed by atoms with Crippen LogP contribution in [0.4, 0.5) is 5.69 Å². The number of benzene rings is 1. The molecule has 5 nitrogen and oxygen atoms in total. The quantitative estimate of drug-likeness (QED) is 0.844. The van der Waals surface area contributed by atoms with E-state index in [0.717, 1.165) is 37.1 Å². The number of hydrogen-bond donors (Lipinski definition) is 2. The van der Waals surface area contributed by atoms with E-state index in [0.29, 0.717) is 11.3 Å². The Labute approximate surface area is 124 Å². The van der Waals surface area contributed by atoms with Crippen molar-refractivity contribution in [2.45, 2.75) is 12.8 Å². The zero-order valence-electron chi connectivity index (χ0n) is 12.4. The van der Waals surface area contributed by atoms with Gasteiger partial charge in [-0.25, -0.2) is 0 Å². The molecule has 2 heterocycles. The number of nitrogens with two attached hydrogens (primary N) is 1. The fourth-order valence-corrected chi connectivity index (χ4v) is 2.93. The number of nitrogens with one attached hydrogen (secondary N) is 1. The Balaban J connectivity index is 1.70. The number of likely N-dealkylation sites (N-methyl/N-ethyl adjacent to an activating group) is 1. The number of carbonyl (C=O) groups is 1. The lowest BCUT2D eigenvalue weighted by Gasteiger charge is -2.21. The van der Waals surface area contributed by atoms with Gasteiger partial charge in [0.05, 0.1) is 5.56 Å². The molecule has 112 valence electrons. The number of amides is 1. The second-order valence-electron chi connectivity index (χ2n) is 5.78. The summed E-state index contributed by atoms with van der Waals surface area (Å²) in [7, 11) is 1.87. The topological polar surface area (TPSA) is 65.4 Å². The van der Waals surface area contributed by atoms with Crippen molar-refractivity contribution in [1.29, 1.82) is 0 Å². The molecular formula is C16H22N4O. The number of rotatable bonds is 4. The Bertz CT molecular complexity index is 643. The van der Waals surface area contributed by atoms with Gasteiger partial charge in [0, 0.05) is 42.9 Å². The van der Waals surface area contributed by atoms with Gasteiger partial charge in [-0.05, 0) is 44.1 Å². The standard InChI is InChI=1S/C16H22N4O/c1-19(8-9-20-6-2-3-7-20)16(21)14-11-18-15-10-12(17)4-5-13(14)15/h4-5,10-11,18H,2-3,6-9,17H2,1H3. The highest BCUT2D eigenvalue weighted by Gasteiger charge is 2.18. The van der Waals surface area contributed by atoms with Crippen LogP contribution < -0.4 is 5.73 Å². The van der Waals surface area contributed by atoms with Crippen molar-refractivity contribution >= 4 is 22.5 Å². The molecule has 3 rings (SSSR count). The van der Waals surface area contributed by atoms with Crippen molar-refractivity contribution in [3.8, 4) is 0 Å². The molecule has 1 aromatic heterocycles. The molecule has 1 saturated heterocycles. The minimum atomic E-state index is 0.0604. The predicted octanol–water partition coefficient (Wildman–Crippen LogP) is 1.92. The Morgan fingerprint density at radius 1 is 1.38 bits per heavy atom. The summed E-state index contributed by atoms with van der Waals surface area (Å²) in [6.45, 7) is 4.04. The van der Waals surface area contributed by atoms with Crippen LogP contribution in [0.3, 0.4) is 0 Å². The summed E-state index contributed by atoms with van der Waals surface area (Å²) < 4.78 is 0. The van der Waals surface area contributed by atoms with E-state index < -0.39 is 0 Å². The van der Waals surface area contributed by atoms with Crippen LogP contribution >= 0.6 is 0 Å². The molecule has 1 aliphatic rings. The molecule has 0 unspecified atom stereocenters. The summed E-state index contributed by atoms with van der Waals surface area (Å²) in [4.78, 5) is 19.9. The maximum Gasteiger partial charge on any atom is 0.255 e. The maximum absolute atomic E-state index is 12.6. The first-order valence-electron chi connectivity index (χ1n) is 7.49. The van der Waals surface area contributed by atoms with Crippen LogP contribution in [0.25, 0.3) is 10.9 Å². The molecule has 0 bridgehead atoms. The van der Waals surface area contributed by atoms with E-state index in [1.807, 2.05) is 25.2 Å². The molecule has 1 aliphatic heterocycles. The molecule has 3 N–H and O–H groups in total. The number of likely N-dealkylation sites (tertiary alicyclic amines) is 1. The van der Waals surface area contributed by atoms with Crippen molar-refractivity contribution in [2.24, 2.45) is 0 Å². The third-order valence-corrected chi connectivity index (χ3v) is 4.23. The lowest BCUT2D eigenvalue weighted by atomic mass is 10.1. The van der Waals surface area contributed by atoms with Crippen LogP contribution in [0.5, 0.6) is 0 Å². The molecule has 21 heavy (non-hydrogen) atoms. The van der Waals surface area contributed by atoms with Crippen molar-refractivity contribution in [1.82, 2.24) is 14.8 Å². The Hall–Kier alpha value is -2.01. The minimum Gasteiger partial charge on any atom is -0.399 e. The van der Waals surface area contributed by atoms with E-state index in [2.05, 4.69) is 9.88 Å². The van der Waals surface area contributed by atoms with Gasteiger partial charge in [0.2, 0.25) is 0 Å². The summed E-state index contributed by atoms with van der Waals surface area (Å²) in [6, 6.07) is 5.59. The second-order valence-corrected chi connectivity index (χ2v) is 5.78. The number of nitrogens with zero attached hydrogens (tertiary/aromatic N) is 2. The van der Waals surface area contributed by atoms with E-state index in [1.165, 1.54) is 12.8 Å². The van der Waals surface area contributed by atoms with Crippen LogP contribution in [0.1, 0.15) is 23.2 Å². The summed E-state index contributed by atoms with van der Waals surface area (Å²) in [6.07, 6.45) is 4.34. The largest absolute Gasteiger partial charge is 0.399 e. The van der Waals surface area contributed by atoms with E-state index in [4.69, 9.17) is 5.73 Å². The molecule has 1 fully saturated rings. The summed E-state index contributed by atoms with van der Waals surface area (Å²) in [5.74, 6) is 0.0604. The van der Waals surface area contributed by atoms with Crippen molar-refractivity contribution < 1.29 is 4.79 Å². The molecule has 0 atom stereocenters. The fourth-order valence-electron chi connectivity index (χ4n) is 2.93. The van der Waals surface area contributed by atoms with Gasteiger partial charge in [-0.3, -0.25) is 4.79 Å². The third kappa shape index (κ3) is 2.88. The first kappa shape index (κ1) is 13.9. The summed E-state index contributed by atoms with van der Waals surface area (Å²) in [5.41, 5.74) is 8.09. The van der Waals surface area contributed by atoms with Gasteiger partial charge in [-0.1, -0.05) is 0 Å². The van der Waals surface area contributed by atoms with Gasteiger partial charge in [0.1, 0.15) is 0 Å². The monoisotopic (exact) mass is 286 g/mol. The van der Waals surface area contributed by atoms with E-state index in [1.54, 1.807) is 11.1 Å². The average Bonchev–Trinajstić information content (AvgIpc) is 3.12. The number of aromatic amines is 1. The van der Waals surface area contributed by atoms with Gasteiger partial charge in [-0.15, -0.1) is 0 Å². The zero-order chi connectivity index (χ0) is 14.8. The summed E-state index contributed by atoms with van der Waals surface area (Å²) >= 11 is 0. The van der Waals surface area contributed by atoms with Gasteiger partial charge in [-0.2, -0.15) is 0 Å². The SMILES string of the molecule is CN(CCN1CCCC1)C(=O)c1c[nH]c2cc(N)ccc12. The highest BCUT2D eigenvalue weighted by Crippen LogP contribution is 2.21. The van der Waals surface area contributed by atoms with Crippen molar-refractivity contribution in [3.05, 3.63) is 30.0 Å². The lowest BCUT2D eigenvalue weighted by Crippen LogP contribution is -2.35. The van der Waals surface area contributed by atoms with Crippen LogP contribution in [0, 0.1) is 0 Å². The normalized spacial score (nSPS) is 15.7. The number of H-pyrrole nitrogens is 1. The van der Waals surface area contributed by atoms with E-state index in [-0.39, 0.29) is 5.91 Å². The highest BCUT2D eigenvalue weighted by molar-refractivity contribution is 6.07.